The highest BCUT2D eigenvalue weighted by Crippen LogP contribution is 2.43. The van der Waals surface area contributed by atoms with Crippen molar-refractivity contribution in [1.29, 1.82) is 0 Å². The molecular formula is C36H42O8. The van der Waals surface area contributed by atoms with Gasteiger partial charge in [0.15, 0.2) is 0 Å². The minimum Gasteiger partial charge on any atom is -0.462 e. The van der Waals surface area contributed by atoms with Gasteiger partial charge in [-0.2, -0.15) is 0 Å². The van der Waals surface area contributed by atoms with E-state index in [1.807, 2.05) is 6.07 Å². The van der Waals surface area contributed by atoms with E-state index in [0.717, 1.165) is 36.8 Å². The molecule has 8 nitrogen and oxygen atoms in total. The summed E-state index contributed by atoms with van der Waals surface area (Å²) < 4.78 is 21.8. The Morgan fingerprint density at radius 1 is 0.818 bits per heavy atom. The maximum atomic E-state index is 13.3. The van der Waals surface area contributed by atoms with Gasteiger partial charge in [-0.25, -0.2) is 19.2 Å². The lowest BCUT2D eigenvalue weighted by atomic mass is 9.79. The summed E-state index contributed by atoms with van der Waals surface area (Å²) in [5.74, 6) is -0.243. The number of fused-ring (bicyclic) bond motifs is 1. The molecule has 1 unspecified atom stereocenters. The molecule has 0 spiro atoms. The lowest BCUT2D eigenvalue weighted by molar-refractivity contribution is -0.139. The van der Waals surface area contributed by atoms with Gasteiger partial charge in [-0.1, -0.05) is 44.4 Å². The molecule has 0 bridgehead atoms. The maximum absolute atomic E-state index is 13.3. The van der Waals surface area contributed by atoms with Crippen molar-refractivity contribution in [3.63, 3.8) is 0 Å². The highest BCUT2D eigenvalue weighted by Gasteiger charge is 2.28. The number of rotatable bonds is 15. The Morgan fingerprint density at radius 3 is 1.91 bits per heavy atom. The average molecular weight is 603 g/mol. The zero-order valence-corrected chi connectivity index (χ0v) is 26.2. The molecule has 1 aliphatic carbocycles. The molecule has 2 aromatic rings. The molecule has 0 saturated carbocycles. The van der Waals surface area contributed by atoms with Crippen LogP contribution in [0.5, 0.6) is 5.75 Å². The Balaban J connectivity index is 1.84. The number of allylic oxidation sites excluding steroid dienone is 2. The van der Waals surface area contributed by atoms with Crippen LogP contribution in [0.3, 0.4) is 0 Å². The van der Waals surface area contributed by atoms with Gasteiger partial charge in [-0.3, -0.25) is 0 Å². The molecule has 1 aromatic heterocycles. The van der Waals surface area contributed by atoms with Gasteiger partial charge in [0.1, 0.15) is 11.5 Å². The normalized spacial score (nSPS) is 14.0. The van der Waals surface area contributed by atoms with Gasteiger partial charge >= 0.3 is 23.5 Å². The number of hydrogen-bond acceptors (Lipinski definition) is 8. The second-order valence-corrected chi connectivity index (χ2v) is 11.4. The zero-order valence-electron chi connectivity index (χ0n) is 26.2. The first-order valence-corrected chi connectivity index (χ1v) is 14.9. The average Bonchev–Trinajstić information content (AvgIpc) is 2.97. The summed E-state index contributed by atoms with van der Waals surface area (Å²) in [6.45, 7) is 18.3. The highest BCUT2D eigenvalue weighted by molar-refractivity contribution is 5.89. The van der Waals surface area contributed by atoms with Crippen LogP contribution >= 0.6 is 0 Å². The Bertz CT molecular complexity index is 1520. The first-order valence-electron chi connectivity index (χ1n) is 14.9. The van der Waals surface area contributed by atoms with Crippen LogP contribution in [0.25, 0.3) is 16.7 Å². The summed E-state index contributed by atoms with van der Waals surface area (Å²) in [4.78, 5) is 48.6. The lowest BCUT2D eigenvalue weighted by Gasteiger charge is -2.27. The summed E-state index contributed by atoms with van der Waals surface area (Å²) in [5, 5.41) is 0. The predicted molar refractivity (Wildman–Crippen MR) is 170 cm³/mol. The van der Waals surface area contributed by atoms with Crippen LogP contribution in [0, 0.1) is 0 Å². The van der Waals surface area contributed by atoms with Crippen molar-refractivity contribution in [3.8, 4) is 16.9 Å². The maximum Gasteiger partial charge on any atom is 0.344 e. The number of unbranched alkanes of at least 4 members (excludes halogenated alkanes) is 2. The summed E-state index contributed by atoms with van der Waals surface area (Å²) in [5.41, 5.74) is 4.84. The van der Waals surface area contributed by atoms with Crippen molar-refractivity contribution >= 4 is 23.5 Å². The number of carbonyl (C=O) groups is 3. The van der Waals surface area contributed by atoms with Crippen molar-refractivity contribution in [2.75, 3.05) is 13.2 Å². The molecule has 1 heterocycles. The first kappa shape index (κ1) is 34.0. The Kier molecular flexibility index (Phi) is 12.3. The molecule has 1 aliphatic rings. The fraction of sp³-hybridized carbons (Fsp3) is 0.389. The van der Waals surface area contributed by atoms with Crippen LogP contribution in [-0.2, 0) is 23.9 Å². The van der Waals surface area contributed by atoms with Crippen LogP contribution in [0.15, 0.2) is 81.6 Å². The van der Waals surface area contributed by atoms with Gasteiger partial charge in [-0.15, -0.1) is 0 Å². The Morgan fingerprint density at radius 2 is 1.36 bits per heavy atom. The first-order chi connectivity index (χ1) is 20.9. The van der Waals surface area contributed by atoms with E-state index in [2.05, 4.69) is 26.7 Å². The van der Waals surface area contributed by atoms with Crippen molar-refractivity contribution in [2.45, 2.75) is 78.6 Å². The van der Waals surface area contributed by atoms with Gasteiger partial charge in [0.05, 0.1) is 18.8 Å². The molecule has 0 amide bonds. The molecular weight excluding hydrogens is 560 g/mol. The SMILES string of the molecule is C=C(C)C(=O)OCCCCC1=C(CCCCOC(=O)C(=C)C)c2oc(=O)c(-c3ccc(OC(=O)C(=C)C)cc3)cc2C(C)C1. The van der Waals surface area contributed by atoms with E-state index in [4.69, 9.17) is 18.6 Å². The monoisotopic (exact) mass is 602 g/mol. The van der Waals surface area contributed by atoms with Crippen LogP contribution in [0.4, 0.5) is 0 Å². The highest BCUT2D eigenvalue weighted by atomic mass is 16.5. The molecule has 0 N–H and O–H groups in total. The number of esters is 3. The van der Waals surface area contributed by atoms with Gasteiger partial charge in [0.25, 0.3) is 0 Å². The van der Waals surface area contributed by atoms with Crippen molar-refractivity contribution < 1.29 is 33.0 Å². The minimum absolute atomic E-state index is 0.111. The second kappa shape index (κ2) is 15.8. The predicted octanol–water partition coefficient (Wildman–Crippen LogP) is 7.63. The summed E-state index contributed by atoms with van der Waals surface area (Å²) in [6.07, 6.45) is 5.16. The smallest absolute Gasteiger partial charge is 0.344 e. The van der Waals surface area contributed by atoms with E-state index in [-0.39, 0.29) is 12.5 Å². The largest absolute Gasteiger partial charge is 0.462 e. The van der Waals surface area contributed by atoms with Crippen molar-refractivity contribution in [2.24, 2.45) is 0 Å². The molecule has 1 atom stereocenters. The van der Waals surface area contributed by atoms with Gasteiger partial charge < -0.3 is 18.6 Å². The quantitative estimate of drug-likeness (QED) is 0.0886. The molecule has 234 valence electrons. The zero-order chi connectivity index (χ0) is 32.4. The van der Waals surface area contributed by atoms with E-state index in [1.54, 1.807) is 45.0 Å². The molecule has 44 heavy (non-hydrogen) atoms. The van der Waals surface area contributed by atoms with Crippen LogP contribution < -0.4 is 10.4 Å². The molecule has 3 rings (SSSR count). The number of hydrogen-bond donors (Lipinski definition) is 0. The number of benzene rings is 1. The lowest BCUT2D eigenvalue weighted by Crippen LogP contribution is -2.15. The van der Waals surface area contributed by atoms with Crippen molar-refractivity contribution in [3.05, 3.63) is 94.1 Å². The summed E-state index contributed by atoms with van der Waals surface area (Å²) >= 11 is 0. The fourth-order valence-corrected chi connectivity index (χ4v) is 4.91. The van der Waals surface area contributed by atoms with E-state index in [1.165, 1.54) is 5.57 Å². The third-order valence-corrected chi connectivity index (χ3v) is 7.34. The van der Waals surface area contributed by atoms with Crippen LogP contribution in [-0.4, -0.2) is 31.1 Å². The molecule has 0 aliphatic heterocycles. The standard InChI is InChI=1S/C36H42O8/c1-22(2)33(37)41-18-10-8-12-27-20-25(7)30-21-31(26-14-16-28(17-15-26)43-35(39)24(5)6)36(40)44-32(30)29(27)13-9-11-19-42-34(38)23(3)4/h14-17,21,25H,1,3,5,8-13,18-20H2,2,4,6-7H3. The number of carbonyl (C=O) groups excluding carboxylic acids is 3. The van der Waals surface area contributed by atoms with E-state index < -0.39 is 23.5 Å². The third kappa shape index (κ3) is 9.27. The fourth-order valence-electron chi connectivity index (χ4n) is 4.91. The van der Waals surface area contributed by atoms with Crippen molar-refractivity contribution in [1.82, 2.24) is 0 Å². The molecule has 8 heteroatoms. The third-order valence-electron chi connectivity index (χ3n) is 7.34. The van der Waals surface area contributed by atoms with E-state index in [0.29, 0.717) is 65.2 Å². The van der Waals surface area contributed by atoms with Gasteiger partial charge in [0.2, 0.25) is 0 Å². The van der Waals surface area contributed by atoms with Gasteiger partial charge in [-0.05, 0) is 107 Å². The van der Waals surface area contributed by atoms with E-state index >= 15 is 0 Å². The summed E-state index contributed by atoms with van der Waals surface area (Å²) in [6, 6.07) is 8.63. The van der Waals surface area contributed by atoms with Crippen LogP contribution in [0.2, 0.25) is 0 Å². The minimum atomic E-state index is -0.517. The summed E-state index contributed by atoms with van der Waals surface area (Å²) in [7, 11) is 0. The molecule has 1 aromatic carbocycles. The molecule has 0 fully saturated rings. The van der Waals surface area contributed by atoms with Gasteiger partial charge in [0, 0.05) is 16.7 Å². The molecule has 0 radical (unpaired) electrons. The Labute approximate surface area is 259 Å². The topological polar surface area (TPSA) is 109 Å². The Hall–Kier alpha value is -4.46. The molecule has 0 saturated heterocycles. The second-order valence-electron chi connectivity index (χ2n) is 11.4. The van der Waals surface area contributed by atoms with E-state index in [9.17, 15) is 19.2 Å². The van der Waals surface area contributed by atoms with Crippen LogP contribution in [0.1, 0.15) is 89.9 Å². The number of ether oxygens (including phenoxy) is 3.